The van der Waals surface area contributed by atoms with E-state index in [9.17, 15) is 19.5 Å². The van der Waals surface area contributed by atoms with Gasteiger partial charge in [0.1, 0.15) is 29.2 Å². The third kappa shape index (κ3) is 3.54. The van der Waals surface area contributed by atoms with Gasteiger partial charge < -0.3 is 30.5 Å². The first-order chi connectivity index (χ1) is 13.2. The second kappa shape index (κ2) is 7.61. The van der Waals surface area contributed by atoms with Crippen LogP contribution in [0.25, 0.3) is 0 Å². The van der Waals surface area contributed by atoms with Crippen molar-refractivity contribution in [1.82, 2.24) is 10.2 Å². The Labute approximate surface area is 166 Å². The van der Waals surface area contributed by atoms with E-state index in [1.54, 1.807) is 12.1 Å². The number of ether oxygens (including phenoxy) is 2. The normalized spacial score (nSPS) is 26.2. The van der Waals surface area contributed by atoms with Crippen molar-refractivity contribution in [3.05, 3.63) is 29.8 Å². The van der Waals surface area contributed by atoms with Crippen LogP contribution >= 0.6 is 11.8 Å². The van der Waals surface area contributed by atoms with E-state index in [1.165, 1.54) is 35.9 Å². The van der Waals surface area contributed by atoms with E-state index >= 15 is 0 Å². The van der Waals surface area contributed by atoms with Gasteiger partial charge in [0.2, 0.25) is 11.8 Å². The van der Waals surface area contributed by atoms with Crippen LogP contribution in [0.5, 0.6) is 5.75 Å². The highest BCUT2D eigenvalue weighted by Crippen LogP contribution is 2.51. The largest absolute Gasteiger partial charge is 0.508 e. The summed E-state index contributed by atoms with van der Waals surface area (Å²) in [6.45, 7) is 3.51. The molecule has 28 heavy (non-hydrogen) atoms. The van der Waals surface area contributed by atoms with Crippen molar-refractivity contribution in [2.45, 2.75) is 42.1 Å². The summed E-state index contributed by atoms with van der Waals surface area (Å²) in [5.74, 6) is -1.33. The number of nitrogens with one attached hydrogen (secondary N) is 1. The molecule has 1 aromatic carbocycles. The van der Waals surface area contributed by atoms with Crippen molar-refractivity contribution in [2.75, 3.05) is 13.9 Å². The van der Waals surface area contributed by atoms with Gasteiger partial charge >= 0.3 is 5.97 Å². The smallest absolute Gasteiger partial charge is 0.332 e. The molecule has 9 nitrogen and oxygen atoms in total. The molecular formula is C18H23N3O6S. The first-order valence-electron chi connectivity index (χ1n) is 8.68. The van der Waals surface area contributed by atoms with Crippen molar-refractivity contribution >= 4 is 29.5 Å². The lowest BCUT2D eigenvalue weighted by Gasteiger charge is -2.44. The molecule has 0 aliphatic carbocycles. The Morgan fingerprint density at radius 2 is 2.00 bits per heavy atom. The molecule has 2 amide bonds. The van der Waals surface area contributed by atoms with Crippen LogP contribution in [0.1, 0.15) is 25.5 Å². The van der Waals surface area contributed by atoms with Crippen LogP contribution in [0.2, 0.25) is 0 Å². The molecule has 2 saturated heterocycles. The minimum Gasteiger partial charge on any atom is -0.508 e. The number of aromatic hydroxyl groups is 1. The minimum absolute atomic E-state index is 0.0668. The van der Waals surface area contributed by atoms with Gasteiger partial charge in [0.15, 0.2) is 6.79 Å². The summed E-state index contributed by atoms with van der Waals surface area (Å²) in [5, 5.41) is 11.6. The molecule has 2 fully saturated rings. The number of amides is 2. The van der Waals surface area contributed by atoms with Gasteiger partial charge in [-0.15, -0.1) is 11.8 Å². The van der Waals surface area contributed by atoms with Crippen LogP contribution in [0.3, 0.4) is 0 Å². The summed E-state index contributed by atoms with van der Waals surface area (Å²) in [6, 6.07) is 3.45. The van der Waals surface area contributed by atoms with Gasteiger partial charge in [-0.3, -0.25) is 9.59 Å². The van der Waals surface area contributed by atoms with Crippen molar-refractivity contribution in [3.63, 3.8) is 0 Å². The molecule has 2 heterocycles. The number of methoxy groups -OCH3 is 1. The summed E-state index contributed by atoms with van der Waals surface area (Å²) >= 11 is 1.43. The van der Waals surface area contributed by atoms with Crippen LogP contribution in [0.15, 0.2) is 24.3 Å². The molecule has 0 saturated carbocycles. The van der Waals surface area contributed by atoms with Crippen molar-refractivity contribution < 1.29 is 29.0 Å². The van der Waals surface area contributed by atoms with E-state index in [0.29, 0.717) is 5.56 Å². The van der Waals surface area contributed by atoms with Crippen LogP contribution in [-0.4, -0.2) is 63.9 Å². The summed E-state index contributed by atoms with van der Waals surface area (Å²) in [7, 11) is 1.41. The number of fused-ring (bicyclic) bond motifs is 1. The van der Waals surface area contributed by atoms with Crippen molar-refractivity contribution in [3.8, 4) is 5.75 Å². The Hall–Kier alpha value is -2.30. The number of phenolic OH excluding ortho intramolecular Hbond substituents is 1. The molecule has 1 unspecified atom stereocenters. The van der Waals surface area contributed by atoms with Gasteiger partial charge in [-0.2, -0.15) is 0 Å². The Kier molecular flexibility index (Phi) is 5.55. The predicted molar refractivity (Wildman–Crippen MR) is 101 cm³/mol. The molecule has 0 spiro atoms. The molecule has 3 rings (SSSR count). The lowest BCUT2D eigenvalue weighted by atomic mass is 9.95. The topological polar surface area (TPSA) is 131 Å². The van der Waals surface area contributed by atoms with Crippen LogP contribution < -0.4 is 11.1 Å². The number of nitrogens with two attached hydrogens (primary N) is 1. The Bertz CT molecular complexity index is 784. The fraction of sp³-hybridized carbons (Fsp3) is 0.500. The number of rotatable bonds is 6. The molecule has 4 N–H and O–H groups in total. The van der Waals surface area contributed by atoms with Gasteiger partial charge in [-0.05, 0) is 31.5 Å². The Morgan fingerprint density at radius 3 is 2.61 bits per heavy atom. The molecule has 0 aromatic heterocycles. The SMILES string of the molecule is COCOC(=O)[C@@H]1N2C(=O)[C@@H](NC(=O)C(N)c3ccc(O)cc3)[C@H]2SC1(C)C. The quantitative estimate of drug-likeness (QED) is 0.342. The number of thioether (sulfide) groups is 1. The van der Waals surface area contributed by atoms with E-state index in [2.05, 4.69) is 5.32 Å². The average Bonchev–Trinajstić information content (AvgIpc) is 2.92. The zero-order valence-corrected chi connectivity index (χ0v) is 16.6. The highest BCUT2D eigenvalue weighted by molar-refractivity contribution is 8.01. The van der Waals surface area contributed by atoms with E-state index in [4.69, 9.17) is 15.2 Å². The van der Waals surface area contributed by atoms with Gasteiger partial charge in [0.25, 0.3) is 0 Å². The summed E-state index contributed by atoms with van der Waals surface area (Å²) in [6.07, 6.45) is 0. The summed E-state index contributed by atoms with van der Waals surface area (Å²) in [5.41, 5.74) is 6.48. The van der Waals surface area contributed by atoms with Gasteiger partial charge in [0, 0.05) is 11.9 Å². The second-order valence-corrected chi connectivity index (χ2v) is 8.96. The lowest BCUT2D eigenvalue weighted by molar-refractivity contribution is -0.170. The minimum atomic E-state index is -0.982. The van der Waals surface area contributed by atoms with E-state index < -0.39 is 34.7 Å². The third-order valence-electron chi connectivity index (χ3n) is 4.82. The molecule has 0 radical (unpaired) electrons. The molecule has 152 valence electrons. The van der Waals surface area contributed by atoms with Crippen molar-refractivity contribution in [2.24, 2.45) is 5.73 Å². The standard InChI is InChI=1S/C18H23N3O6S/c1-18(2)13(17(25)27-8-26-3)21-15(24)12(16(21)28-18)20-14(23)11(19)9-4-6-10(22)7-5-9/h4-7,11-13,16,22H,8,19H2,1-3H3,(H,20,23)/t11?,12-,13+,16-/m1/s1. The number of benzene rings is 1. The zero-order chi connectivity index (χ0) is 20.6. The van der Waals surface area contributed by atoms with Gasteiger partial charge in [0.05, 0.1) is 0 Å². The number of phenols is 1. The number of hydrogen-bond donors (Lipinski definition) is 3. The van der Waals surface area contributed by atoms with E-state index in [1.807, 2.05) is 13.8 Å². The van der Waals surface area contributed by atoms with Crippen LogP contribution in [0, 0.1) is 0 Å². The molecule has 0 bridgehead atoms. The molecule has 2 aliphatic heterocycles. The third-order valence-corrected chi connectivity index (χ3v) is 6.39. The van der Waals surface area contributed by atoms with E-state index in [-0.39, 0.29) is 23.8 Å². The van der Waals surface area contributed by atoms with Crippen molar-refractivity contribution in [1.29, 1.82) is 0 Å². The highest BCUT2D eigenvalue weighted by Gasteiger charge is 2.64. The van der Waals surface area contributed by atoms with Gasteiger partial charge in [-0.25, -0.2) is 4.79 Å². The number of esters is 1. The van der Waals surface area contributed by atoms with Crippen LogP contribution in [-0.2, 0) is 23.9 Å². The Balaban J connectivity index is 1.68. The molecule has 1 aromatic rings. The fourth-order valence-electron chi connectivity index (χ4n) is 3.40. The number of hydrogen-bond acceptors (Lipinski definition) is 8. The molecule has 10 heteroatoms. The maximum Gasteiger partial charge on any atom is 0.332 e. The second-order valence-electron chi connectivity index (χ2n) is 7.19. The maximum absolute atomic E-state index is 12.6. The lowest BCUT2D eigenvalue weighted by Crippen LogP contribution is -2.71. The maximum atomic E-state index is 12.6. The number of β-lactam (4-membered cyclic amide) rings is 1. The number of nitrogens with zero attached hydrogens (tertiary/aromatic N) is 1. The van der Waals surface area contributed by atoms with Gasteiger partial charge in [-0.1, -0.05) is 12.1 Å². The van der Waals surface area contributed by atoms with E-state index in [0.717, 1.165) is 0 Å². The molecule has 4 atom stereocenters. The number of carbonyl (C=O) groups is 3. The Morgan fingerprint density at radius 1 is 1.36 bits per heavy atom. The molecular weight excluding hydrogens is 386 g/mol. The zero-order valence-electron chi connectivity index (χ0n) is 15.7. The predicted octanol–water partition coefficient (Wildman–Crippen LogP) is 0.0862. The summed E-state index contributed by atoms with van der Waals surface area (Å²) in [4.78, 5) is 39.0. The van der Waals surface area contributed by atoms with Crippen LogP contribution in [0.4, 0.5) is 0 Å². The highest BCUT2D eigenvalue weighted by atomic mass is 32.2. The summed E-state index contributed by atoms with van der Waals surface area (Å²) < 4.78 is 9.21. The average molecular weight is 409 g/mol. The fourth-order valence-corrected chi connectivity index (χ4v) is 5.02. The molecule has 2 aliphatic rings. The first kappa shape index (κ1) is 20.4. The first-order valence-corrected chi connectivity index (χ1v) is 9.56. The number of carbonyl (C=O) groups excluding carboxylic acids is 3. The monoisotopic (exact) mass is 409 g/mol.